The number of piperidine rings is 1. The highest BCUT2D eigenvalue weighted by atomic mass is 79.9. The summed E-state index contributed by atoms with van der Waals surface area (Å²) >= 11 is 3.19. The van der Waals surface area contributed by atoms with Crippen molar-refractivity contribution in [3.63, 3.8) is 0 Å². The van der Waals surface area contributed by atoms with Crippen LogP contribution in [0.4, 0.5) is 4.39 Å². The first-order chi connectivity index (χ1) is 11.6. The molecule has 1 saturated heterocycles. The normalized spacial score (nSPS) is 15.2. The van der Waals surface area contributed by atoms with Crippen LogP contribution in [-0.2, 0) is 0 Å². The Bertz CT molecular complexity index is 749. The number of benzene rings is 1. The maximum atomic E-state index is 13.9. The molecule has 1 aromatic carbocycles. The predicted octanol–water partition coefficient (Wildman–Crippen LogP) is 2.63. The lowest BCUT2D eigenvalue weighted by Gasteiger charge is -2.23. The van der Waals surface area contributed by atoms with E-state index in [2.05, 4.69) is 31.5 Å². The summed E-state index contributed by atoms with van der Waals surface area (Å²) in [6, 6.07) is 5.94. The lowest BCUT2D eigenvalue weighted by atomic mass is 10.0. The van der Waals surface area contributed by atoms with E-state index in [1.807, 2.05) is 0 Å². The molecule has 0 unspecified atom stereocenters. The van der Waals surface area contributed by atoms with E-state index in [0.29, 0.717) is 10.2 Å². The monoisotopic (exact) mass is 393 g/mol. The summed E-state index contributed by atoms with van der Waals surface area (Å²) in [7, 11) is 0. The van der Waals surface area contributed by atoms with Crippen LogP contribution < -0.4 is 10.6 Å². The van der Waals surface area contributed by atoms with Crippen molar-refractivity contribution in [3.8, 4) is 0 Å². The first kappa shape index (κ1) is 16.9. The minimum atomic E-state index is -0.601. The Balaban J connectivity index is 1.75. The van der Waals surface area contributed by atoms with E-state index < -0.39 is 11.6 Å². The van der Waals surface area contributed by atoms with Crippen LogP contribution in [0, 0.1) is 5.82 Å². The molecule has 0 saturated carbocycles. The molecule has 3 N–H and O–H groups in total. The summed E-state index contributed by atoms with van der Waals surface area (Å²) in [6.07, 6.45) is 3.18. The number of amides is 1. The third-order valence-electron chi connectivity index (χ3n) is 4.05. The van der Waals surface area contributed by atoms with E-state index in [-0.39, 0.29) is 23.1 Å². The van der Waals surface area contributed by atoms with Crippen molar-refractivity contribution in [1.29, 1.82) is 0 Å². The van der Waals surface area contributed by atoms with E-state index in [4.69, 9.17) is 0 Å². The average molecular weight is 394 g/mol. The number of aromatic amines is 1. The molecule has 24 heavy (non-hydrogen) atoms. The molecule has 2 heterocycles. The zero-order valence-electron chi connectivity index (χ0n) is 12.9. The number of carbonyl (C=O) groups excluding carboxylic acids is 2. The van der Waals surface area contributed by atoms with Gasteiger partial charge in [0.2, 0.25) is 0 Å². The number of carbonyl (C=O) groups is 2. The Morgan fingerprint density at radius 1 is 1.25 bits per heavy atom. The Kier molecular flexibility index (Phi) is 5.11. The Morgan fingerprint density at radius 2 is 2.00 bits per heavy atom. The molecule has 0 bridgehead atoms. The highest BCUT2D eigenvalue weighted by Gasteiger charge is 2.21. The Hall–Kier alpha value is -1.99. The highest BCUT2D eigenvalue weighted by Crippen LogP contribution is 2.23. The molecule has 3 rings (SSSR count). The molecule has 1 aromatic heterocycles. The molecular formula is C17H17BrFN3O2. The Morgan fingerprint density at radius 3 is 2.71 bits per heavy atom. The number of ketones is 1. The number of hydrogen-bond acceptors (Lipinski definition) is 3. The highest BCUT2D eigenvalue weighted by molar-refractivity contribution is 9.10. The van der Waals surface area contributed by atoms with E-state index in [1.165, 1.54) is 24.4 Å². The second-order valence-electron chi connectivity index (χ2n) is 5.73. The fourth-order valence-electron chi connectivity index (χ4n) is 2.75. The predicted molar refractivity (Wildman–Crippen MR) is 91.7 cm³/mol. The zero-order valence-corrected chi connectivity index (χ0v) is 14.5. The van der Waals surface area contributed by atoms with Crippen molar-refractivity contribution in [1.82, 2.24) is 15.6 Å². The van der Waals surface area contributed by atoms with Crippen molar-refractivity contribution in [3.05, 3.63) is 57.6 Å². The number of hydrogen-bond donors (Lipinski definition) is 3. The van der Waals surface area contributed by atoms with Gasteiger partial charge in [-0.15, -0.1) is 0 Å². The molecule has 0 aliphatic carbocycles. The summed E-state index contributed by atoms with van der Waals surface area (Å²) < 4.78 is 14.3. The number of H-pyrrole nitrogens is 1. The van der Waals surface area contributed by atoms with Gasteiger partial charge in [0.25, 0.3) is 5.91 Å². The van der Waals surface area contributed by atoms with Gasteiger partial charge in [-0.2, -0.15) is 0 Å². The average Bonchev–Trinajstić information content (AvgIpc) is 3.05. The molecule has 0 radical (unpaired) electrons. The summed E-state index contributed by atoms with van der Waals surface area (Å²) in [4.78, 5) is 27.5. The molecule has 0 spiro atoms. The maximum Gasteiger partial charge on any atom is 0.267 e. The van der Waals surface area contributed by atoms with E-state index >= 15 is 0 Å². The first-order valence-electron chi connectivity index (χ1n) is 7.75. The molecule has 1 aliphatic heterocycles. The minimum absolute atomic E-state index is 0.0400. The summed E-state index contributed by atoms with van der Waals surface area (Å²) in [5.74, 6) is -1.33. The van der Waals surface area contributed by atoms with Crippen LogP contribution in [0.2, 0.25) is 0 Å². The third-order valence-corrected chi connectivity index (χ3v) is 4.71. The quantitative estimate of drug-likeness (QED) is 0.699. The fourth-order valence-corrected chi connectivity index (χ4v) is 3.27. The largest absolute Gasteiger partial charge is 0.356 e. The van der Waals surface area contributed by atoms with Crippen LogP contribution >= 0.6 is 15.9 Å². The lowest BCUT2D eigenvalue weighted by molar-refractivity contribution is 0.0925. The van der Waals surface area contributed by atoms with Crippen molar-refractivity contribution in [2.24, 2.45) is 0 Å². The topological polar surface area (TPSA) is 74.0 Å². The van der Waals surface area contributed by atoms with Crippen molar-refractivity contribution in [2.75, 3.05) is 13.1 Å². The number of nitrogens with one attached hydrogen (secondary N) is 3. The number of aromatic nitrogens is 1. The number of rotatable bonds is 4. The molecular weight excluding hydrogens is 377 g/mol. The maximum absolute atomic E-state index is 13.9. The van der Waals surface area contributed by atoms with Gasteiger partial charge in [-0.05, 0) is 60.1 Å². The summed E-state index contributed by atoms with van der Waals surface area (Å²) in [6.45, 7) is 1.75. The molecule has 126 valence electrons. The molecule has 1 aliphatic rings. The minimum Gasteiger partial charge on any atom is -0.356 e. The molecule has 1 fully saturated rings. The van der Waals surface area contributed by atoms with Gasteiger partial charge in [0.15, 0.2) is 5.78 Å². The first-order valence-corrected chi connectivity index (χ1v) is 8.54. The van der Waals surface area contributed by atoms with Gasteiger partial charge in [0.05, 0.1) is 5.56 Å². The van der Waals surface area contributed by atoms with E-state index in [1.54, 1.807) is 6.07 Å². The van der Waals surface area contributed by atoms with Gasteiger partial charge in [-0.25, -0.2) is 4.39 Å². The lowest BCUT2D eigenvalue weighted by Crippen LogP contribution is -2.42. The van der Waals surface area contributed by atoms with Gasteiger partial charge >= 0.3 is 0 Å². The van der Waals surface area contributed by atoms with Crippen LogP contribution in [-0.4, -0.2) is 35.8 Å². The van der Waals surface area contributed by atoms with Gasteiger partial charge in [0.1, 0.15) is 11.5 Å². The van der Waals surface area contributed by atoms with Crippen LogP contribution in [0.25, 0.3) is 0 Å². The smallest absolute Gasteiger partial charge is 0.267 e. The summed E-state index contributed by atoms with van der Waals surface area (Å²) in [5, 5.41) is 6.18. The molecule has 1 amide bonds. The van der Waals surface area contributed by atoms with Gasteiger partial charge in [-0.1, -0.05) is 6.07 Å². The van der Waals surface area contributed by atoms with Gasteiger partial charge in [0, 0.05) is 22.3 Å². The second kappa shape index (κ2) is 7.27. The van der Waals surface area contributed by atoms with Crippen LogP contribution in [0.1, 0.15) is 39.3 Å². The SMILES string of the molecule is O=C(NC1CCNCC1)c1cc(C(=O)c2c(F)cccc2Br)c[nH]1. The van der Waals surface area contributed by atoms with Crippen molar-refractivity contribution >= 4 is 27.6 Å². The number of halogens is 2. The summed E-state index contributed by atoms with van der Waals surface area (Å²) in [5.41, 5.74) is 0.502. The van der Waals surface area contributed by atoms with Crippen LogP contribution in [0.15, 0.2) is 34.9 Å². The molecule has 0 atom stereocenters. The van der Waals surface area contributed by atoms with Gasteiger partial charge < -0.3 is 15.6 Å². The van der Waals surface area contributed by atoms with Crippen LogP contribution in [0.3, 0.4) is 0 Å². The standard InChI is InChI=1S/C17H17BrFN3O2/c18-12-2-1-3-13(19)15(12)16(23)10-8-14(21-9-10)17(24)22-11-4-6-20-7-5-11/h1-3,8-9,11,20-21H,4-7H2,(H,22,24). The fraction of sp³-hybridized carbons (Fsp3) is 0.294. The van der Waals surface area contributed by atoms with E-state index in [9.17, 15) is 14.0 Å². The van der Waals surface area contributed by atoms with Crippen molar-refractivity contribution < 1.29 is 14.0 Å². The van der Waals surface area contributed by atoms with Crippen molar-refractivity contribution in [2.45, 2.75) is 18.9 Å². The van der Waals surface area contributed by atoms with Crippen LogP contribution in [0.5, 0.6) is 0 Å². The molecule has 5 nitrogen and oxygen atoms in total. The van der Waals surface area contributed by atoms with Gasteiger partial charge in [-0.3, -0.25) is 9.59 Å². The van der Waals surface area contributed by atoms with E-state index in [0.717, 1.165) is 25.9 Å². The second-order valence-corrected chi connectivity index (χ2v) is 6.58. The Labute approximate surface area is 147 Å². The molecule has 2 aromatic rings. The molecule has 7 heteroatoms. The zero-order chi connectivity index (χ0) is 17.1. The third kappa shape index (κ3) is 3.57.